The minimum atomic E-state index is -0.694. The monoisotopic (exact) mass is 213 g/mol. The topological polar surface area (TPSA) is 49.3 Å². The number of rotatable bonds is 5. The predicted octanol–water partition coefficient (Wildman–Crippen LogP) is 2.41. The first-order chi connectivity index (χ1) is 7.08. The van der Waals surface area contributed by atoms with E-state index in [-0.39, 0.29) is 6.42 Å². The van der Waals surface area contributed by atoms with Crippen LogP contribution in [0.2, 0.25) is 0 Å². The van der Waals surface area contributed by atoms with Crippen molar-refractivity contribution >= 4 is 5.97 Å². The van der Waals surface area contributed by atoms with E-state index in [1.54, 1.807) is 0 Å². The first kappa shape index (κ1) is 12.5. The number of carboxylic acid groups (broad SMARTS) is 1. The number of nitrogens with one attached hydrogen (secondary N) is 1. The summed E-state index contributed by atoms with van der Waals surface area (Å²) in [4.78, 5) is 10.4. The summed E-state index contributed by atoms with van der Waals surface area (Å²) in [7, 11) is 0. The Morgan fingerprint density at radius 3 is 2.53 bits per heavy atom. The molecule has 0 aromatic carbocycles. The van der Waals surface area contributed by atoms with E-state index in [1.165, 1.54) is 25.7 Å². The van der Waals surface area contributed by atoms with Gasteiger partial charge in [-0.3, -0.25) is 4.79 Å². The van der Waals surface area contributed by atoms with Crippen LogP contribution in [0.4, 0.5) is 0 Å². The molecular weight excluding hydrogens is 190 g/mol. The predicted molar refractivity (Wildman–Crippen MR) is 60.9 cm³/mol. The van der Waals surface area contributed by atoms with Crippen molar-refractivity contribution in [3.05, 3.63) is 0 Å². The molecule has 1 unspecified atom stereocenters. The summed E-state index contributed by atoms with van der Waals surface area (Å²) in [5.41, 5.74) is 0. The first-order valence-electron chi connectivity index (χ1n) is 6.05. The van der Waals surface area contributed by atoms with E-state index in [0.717, 1.165) is 12.3 Å². The highest BCUT2D eigenvalue weighted by molar-refractivity contribution is 5.66. The van der Waals surface area contributed by atoms with E-state index < -0.39 is 5.97 Å². The van der Waals surface area contributed by atoms with Crippen LogP contribution < -0.4 is 5.32 Å². The van der Waals surface area contributed by atoms with E-state index in [4.69, 9.17) is 5.11 Å². The SMILES string of the molecule is CC1CCC(NC(C)CCC(=O)O)CC1. The van der Waals surface area contributed by atoms with Gasteiger partial charge in [0.15, 0.2) is 0 Å². The van der Waals surface area contributed by atoms with Gasteiger partial charge in [0, 0.05) is 18.5 Å². The van der Waals surface area contributed by atoms with Crippen LogP contribution in [0.25, 0.3) is 0 Å². The van der Waals surface area contributed by atoms with E-state index in [2.05, 4.69) is 19.2 Å². The maximum atomic E-state index is 10.4. The molecule has 1 aliphatic rings. The molecule has 0 radical (unpaired) electrons. The molecule has 0 aromatic heterocycles. The molecule has 1 saturated carbocycles. The molecule has 1 rings (SSSR count). The lowest BCUT2D eigenvalue weighted by Gasteiger charge is -2.29. The minimum absolute atomic E-state index is 0.275. The van der Waals surface area contributed by atoms with Crippen molar-refractivity contribution in [3.8, 4) is 0 Å². The van der Waals surface area contributed by atoms with Crippen molar-refractivity contribution in [1.29, 1.82) is 0 Å². The molecule has 1 fully saturated rings. The fourth-order valence-electron chi connectivity index (χ4n) is 2.25. The van der Waals surface area contributed by atoms with Gasteiger partial charge in [-0.05, 0) is 44.9 Å². The van der Waals surface area contributed by atoms with Gasteiger partial charge in [0.2, 0.25) is 0 Å². The summed E-state index contributed by atoms with van der Waals surface area (Å²) in [6, 6.07) is 0.949. The van der Waals surface area contributed by atoms with Gasteiger partial charge in [-0.2, -0.15) is 0 Å². The summed E-state index contributed by atoms with van der Waals surface area (Å²) in [6.07, 6.45) is 6.13. The second-order valence-electron chi connectivity index (χ2n) is 4.96. The van der Waals surface area contributed by atoms with E-state index in [9.17, 15) is 4.79 Å². The van der Waals surface area contributed by atoms with Crippen molar-refractivity contribution in [2.75, 3.05) is 0 Å². The Labute approximate surface area is 92.3 Å². The van der Waals surface area contributed by atoms with Crippen LogP contribution in [-0.2, 0) is 4.79 Å². The highest BCUT2D eigenvalue weighted by Crippen LogP contribution is 2.23. The van der Waals surface area contributed by atoms with Crippen LogP contribution in [-0.4, -0.2) is 23.2 Å². The van der Waals surface area contributed by atoms with E-state index in [1.807, 2.05) is 0 Å². The summed E-state index contributed by atoms with van der Waals surface area (Å²) in [6.45, 7) is 4.39. The average Bonchev–Trinajstić information content (AvgIpc) is 2.19. The smallest absolute Gasteiger partial charge is 0.303 e. The molecule has 1 aliphatic carbocycles. The normalized spacial score (nSPS) is 28.7. The van der Waals surface area contributed by atoms with Crippen LogP contribution in [0.5, 0.6) is 0 Å². The van der Waals surface area contributed by atoms with E-state index in [0.29, 0.717) is 12.1 Å². The maximum Gasteiger partial charge on any atom is 0.303 e. The maximum absolute atomic E-state index is 10.4. The van der Waals surface area contributed by atoms with Crippen LogP contribution in [0.1, 0.15) is 52.4 Å². The Morgan fingerprint density at radius 1 is 1.40 bits per heavy atom. The van der Waals surface area contributed by atoms with Gasteiger partial charge in [0.25, 0.3) is 0 Å². The van der Waals surface area contributed by atoms with Crippen LogP contribution in [0.15, 0.2) is 0 Å². The Balaban J connectivity index is 2.14. The molecule has 0 spiro atoms. The lowest BCUT2D eigenvalue weighted by atomic mass is 9.87. The third-order valence-corrected chi connectivity index (χ3v) is 3.33. The third kappa shape index (κ3) is 5.17. The molecule has 0 aromatic rings. The van der Waals surface area contributed by atoms with Crippen molar-refractivity contribution in [2.45, 2.75) is 64.5 Å². The average molecular weight is 213 g/mol. The van der Waals surface area contributed by atoms with Crippen molar-refractivity contribution in [1.82, 2.24) is 5.32 Å². The van der Waals surface area contributed by atoms with Crippen LogP contribution in [0, 0.1) is 5.92 Å². The quantitative estimate of drug-likeness (QED) is 0.737. The second kappa shape index (κ2) is 6.11. The number of hydrogen-bond acceptors (Lipinski definition) is 2. The Morgan fingerprint density at radius 2 is 2.00 bits per heavy atom. The summed E-state index contributed by atoms with van der Waals surface area (Å²) < 4.78 is 0. The second-order valence-corrected chi connectivity index (χ2v) is 4.96. The lowest BCUT2D eigenvalue weighted by Crippen LogP contribution is -2.39. The number of aliphatic carboxylic acids is 1. The fourth-order valence-corrected chi connectivity index (χ4v) is 2.25. The number of hydrogen-bond donors (Lipinski definition) is 2. The molecule has 0 saturated heterocycles. The highest BCUT2D eigenvalue weighted by atomic mass is 16.4. The van der Waals surface area contributed by atoms with Gasteiger partial charge >= 0.3 is 5.97 Å². The summed E-state index contributed by atoms with van der Waals surface area (Å²) in [5, 5.41) is 12.1. The summed E-state index contributed by atoms with van der Waals surface area (Å²) >= 11 is 0. The molecule has 1 atom stereocenters. The number of carboxylic acids is 1. The van der Waals surface area contributed by atoms with Gasteiger partial charge in [0.05, 0.1) is 0 Å². The zero-order valence-electron chi connectivity index (χ0n) is 9.83. The Hall–Kier alpha value is -0.570. The molecule has 0 amide bonds. The third-order valence-electron chi connectivity index (χ3n) is 3.33. The lowest BCUT2D eigenvalue weighted by molar-refractivity contribution is -0.137. The van der Waals surface area contributed by atoms with Gasteiger partial charge in [-0.1, -0.05) is 6.92 Å². The minimum Gasteiger partial charge on any atom is -0.481 e. The molecular formula is C12H23NO2. The molecule has 2 N–H and O–H groups in total. The zero-order valence-corrected chi connectivity index (χ0v) is 9.83. The highest BCUT2D eigenvalue weighted by Gasteiger charge is 2.19. The van der Waals surface area contributed by atoms with Crippen LogP contribution in [0.3, 0.4) is 0 Å². The molecule has 88 valence electrons. The first-order valence-corrected chi connectivity index (χ1v) is 6.05. The molecule has 0 aliphatic heterocycles. The molecule has 15 heavy (non-hydrogen) atoms. The number of carbonyl (C=O) groups is 1. The van der Waals surface area contributed by atoms with Gasteiger partial charge in [-0.25, -0.2) is 0 Å². The molecule has 0 bridgehead atoms. The molecule has 3 nitrogen and oxygen atoms in total. The Bertz CT molecular complexity index is 198. The van der Waals surface area contributed by atoms with Crippen molar-refractivity contribution in [2.24, 2.45) is 5.92 Å². The largest absolute Gasteiger partial charge is 0.481 e. The standard InChI is InChI=1S/C12H23NO2/c1-9-3-6-11(7-4-9)13-10(2)5-8-12(14)15/h9-11,13H,3-8H2,1-2H3,(H,14,15). The zero-order chi connectivity index (χ0) is 11.3. The molecule has 3 heteroatoms. The van der Waals surface area contributed by atoms with Crippen LogP contribution >= 0.6 is 0 Å². The summed E-state index contributed by atoms with van der Waals surface area (Å²) in [5.74, 6) is 0.179. The van der Waals surface area contributed by atoms with E-state index >= 15 is 0 Å². The van der Waals surface area contributed by atoms with Gasteiger partial charge in [0.1, 0.15) is 0 Å². The fraction of sp³-hybridized carbons (Fsp3) is 0.917. The Kier molecular flexibility index (Phi) is 5.09. The van der Waals surface area contributed by atoms with Crippen molar-refractivity contribution < 1.29 is 9.90 Å². The van der Waals surface area contributed by atoms with Crippen molar-refractivity contribution in [3.63, 3.8) is 0 Å². The van der Waals surface area contributed by atoms with Gasteiger partial charge in [-0.15, -0.1) is 0 Å². The molecule has 0 heterocycles. The van der Waals surface area contributed by atoms with Gasteiger partial charge < -0.3 is 10.4 Å².